The van der Waals surface area contributed by atoms with Crippen LogP contribution in [0.15, 0.2) is 48.5 Å². The Bertz CT molecular complexity index is 790. The molecule has 0 fully saturated rings. The molecule has 0 saturated heterocycles. The summed E-state index contributed by atoms with van der Waals surface area (Å²) in [6, 6.07) is 13.5. The lowest BCUT2D eigenvalue weighted by atomic mass is 10.1. The molecule has 3 N–H and O–H groups in total. The van der Waals surface area contributed by atoms with Crippen LogP contribution in [0.2, 0.25) is 5.02 Å². The van der Waals surface area contributed by atoms with Gasteiger partial charge in [-0.1, -0.05) is 23.7 Å². The zero-order valence-corrected chi connectivity index (χ0v) is 14.6. The molecule has 0 bridgehead atoms. The van der Waals surface area contributed by atoms with Crippen molar-refractivity contribution >= 4 is 39.0 Å². The number of amides is 2. The van der Waals surface area contributed by atoms with Gasteiger partial charge in [0, 0.05) is 22.9 Å². The summed E-state index contributed by atoms with van der Waals surface area (Å²) >= 11 is 5.82. The van der Waals surface area contributed by atoms with E-state index in [0.29, 0.717) is 29.4 Å². The Hall–Kier alpha value is -2.25. The molecule has 128 valence electrons. The molecule has 6 nitrogen and oxygen atoms in total. The summed E-state index contributed by atoms with van der Waals surface area (Å²) in [5.41, 5.74) is 2.08. The number of sulfonamides is 1. The number of hydrogen-bond donors (Lipinski definition) is 3. The Morgan fingerprint density at radius 1 is 1.00 bits per heavy atom. The highest BCUT2D eigenvalue weighted by Crippen LogP contribution is 2.14. The summed E-state index contributed by atoms with van der Waals surface area (Å²) in [6.07, 6.45) is 1.77. The highest BCUT2D eigenvalue weighted by Gasteiger charge is 2.04. The van der Waals surface area contributed by atoms with E-state index in [1.807, 2.05) is 24.3 Å². The summed E-state index contributed by atoms with van der Waals surface area (Å²) in [5, 5.41) is 6.11. The van der Waals surface area contributed by atoms with Crippen LogP contribution in [0.25, 0.3) is 0 Å². The second-order valence-corrected chi connectivity index (χ2v) is 7.39. The number of halogens is 1. The first-order valence-electron chi connectivity index (χ1n) is 7.19. The Kier molecular flexibility index (Phi) is 6.05. The largest absolute Gasteiger partial charge is 0.338 e. The first-order valence-corrected chi connectivity index (χ1v) is 9.46. The van der Waals surface area contributed by atoms with Gasteiger partial charge in [0.2, 0.25) is 10.0 Å². The number of carbonyl (C=O) groups is 1. The van der Waals surface area contributed by atoms with E-state index in [4.69, 9.17) is 11.6 Å². The van der Waals surface area contributed by atoms with Crippen LogP contribution < -0.4 is 15.4 Å². The van der Waals surface area contributed by atoms with Gasteiger partial charge in [-0.25, -0.2) is 13.2 Å². The van der Waals surface area contributed by atoms with Gasteiger partial charge in [0.25, 0.3) is 0 Å². The first-order chi connectivity index (χ1) is 11.3. The normalized spacial score (nSPS) is 10.9. The highest BCUT2D eigenvalue weighted by molar-refractivity contribution is 7.92. The summed E-state index contributed by atoms with van der Waals surface area (Å²) in [7, 11) is -3.31. The lowest BCUT2D eigenvalue weighted by molar-refractivity contribution is 0.252. The Balaban J connectivity index is 1.78. The van der Waals surface area contributed by atoms with Crippen molar-refractivity contribution in [2.45, 2.75) is 6.42 Å². The minimum atomic E-state index is -3.31. The average Bonchev–Trinajstić information content (AvgIpc) is 2.50. The fourth-order valence-electron chi connectivity index (χ4n) is 1.98. The first kappa shape index (κ1) is 18.1. The van der Waals surface area contributed by atoms with Crippen molar-refractivity contribution in [1.82, 2.24) is 5.32 Å². The van der Waals surface area contributed by atoms with Crippen LogP contribution in [-0.4, -0.2) is 27.2 Å². The quantitative estimate of drug-likeness (QED) is 0.733. The fourth-order valence-corrected chi connectivity index (χ4v) is 2.67. The predicted octanol–water partition coefficient (Wildman–Crippen LogP) is 3.08. The van der Waals surface area contributed by atoms with Crippen LogP contribution in [0, 0.1) is 0 Å². The van der Waals surface area contributed by atoms with Crippen LogP contribution in [0.4, 0.5) is 16.2 Å². The van der Waals surface area contributed by atoms with Gasteiger partial charge in [-0.3, -0.25) is 4.72 Å². The molecule has 0 spiro atoms. The zero-order valence-electron chi connectivity index (χ0n) is 13.0. The number of nitrogens with one attached hydrogen (secondary N) is 3. The standard InChI is InChI=1S/C16H18ClN3O3S/c1-24(22,23)20-15-8-6-14(7-9-15)19-16(21)18-11-10-12-2-4-13(17)5-3-12/h2-9,20H,10-11H2,1H3,(H2,18,19,21). The van der Waals surface area contributed by atoms with Crippen molar-refractivity contribution in [2.24, 2.45) is 0 Å². The van der Waals surface area contributed by atoms with Crippen LogP contribution >= 0.6 is 11.6 Å². The highest BCUT2D eigenvalue weighted by atomic mass is 35.5. The van der Waals surface area contributed by atoms with Gasteiger partial charge in [0.15, 0.2) is 0 Å². The monoisotopic (exact) mass is 367 g/mol. The predicted molar refractivity (Wildman–Crippen MR) is 97.1 cm³/mol. The van der Waals surface area contributed by atoms with Crippen molar-refractivity contribution in [2.75, 3.05) is 22.8 Å². The smallest absolute Gasteiger partial charge is 0.319 e. The maximum absolute atomic E-state index is 11.8. The molecule has 2 amide bonds. The van der Waals surface area contributed by atoms with Crippen LogP contribution in [0.3, 0.4) is 0 Å². The van der Waals surface area contributed by atoms with Crippen LogP contribution in [-0.2, 0) is 16.4 Å². The van der Waals surface area contributed by atoms with E-state index in [9.17, 15) is 13.2 Å². The molecule has 0 atom stereocenters. The second-order valence-electron chi connectivity index (χ2n) is 5.21. The summed E-state index contributed by atoms with van der Waals surface area (Å²) in [4.78, 5) is 11.8. The third kappa shape index (κ3) is 6.47. The molecule has 2 aromatic carbocycles. The van der Waals surface area contributed by atoms with Crippen LogP contribution in [0.5, 0.6) is 0 Å². The molecular weight excluding hydrogens is 350 g/mol. The molecule has 2 rings (SSSR count). The van der Waals surface area contributed by atoms with Crippen molar-refractivity contribution < 1.29 is 13.2 Å². The minimum Gasteiger partial charge on any atom is -0.338 e. The van der Waals surface area contributed by atoms with E-state index in [0.717, 1.165) is 11.8 Å². The number of hydrogen-bond acceptors (Lipinski definition) is 3. The summed E-state index contributed by atoms with van der Waals surface area (Å²) in [6.45, 7) is 0.487. The number of rotatable bonds is 6. The van der Waals surface area contributed by atoms with E-state index in [-0.39, 0.29) is 6.03 Å². The number of urea groups is 1. The van der Waals surface area contributed by atoms with Crippen molar-refractivity contribution in [1.29, 1.82) is 0 Å². The third-order valence-electron chi connectivity index (χ3n) is 3.06. The number of benzene rings is 2. The Morgan fingerprint density at radius 2 is 1.58 bits per heavy atom. The Labute approximate surface area is 146 Å². The topological polar surface area (TPSA) is 87.3 Å². The molecule has 0 saturated carbocycles. The second kappa shape index (κ2) is 8.03. The molecule has 0 aliphatic heterocycles. The lowest BCUT2D eigenvalue weighted by Crippen LogP contribution is -2.30. The summed E-state index contributed by atoms with van der Waals surface area (Å²) in [5.74, 6) is 0. The van der Waals surface area contributed by atoms with Gasteiger partial charge >= 0.3 is 6.03 Å². The fraction of sp³-hybridized carbons (Fsp3) is 0.188. The van der Waals surface area contributed by atoms with E-state index in [1.165, 1.54) is 0 Å². The van der Waals surface area contributed by atoms with Gasteiger partial charge in [-0.2, -0.15) is 0 Å². The number of carbonyl (C=O) groups excluding carboxylic acids is 1. The molecule has 24 heavy (non-hydrogen) atoms. The minimum absolute atomic E-state index is 0.326. The Morgan fingerprint density at radius 3 is 2.17 bits per heavy atom. The van der Waals surface area contributed by atoms with Crippen LogP contribution in [0.1, 0.15) is 5.56 Å². The van der Waals surface area contributed by atoms with Crippen molar-refractivity contribution in [3.63, 3.8) is 0 Å². The third-order valence-corrected chi connectivity index (χ3v) is 3.92. The SMILES string of the molecule is CS(=O)(=O)Nc1ccc(NC(=O)NCCc2ccc(Cl)cc2)cc1. The average molecular weight is 368 g/mol. The van der Waals surface area contributed by atoms with E-state index >= 15 is 0 Å². The van der Waals surface area contributed by atoms with E-state index < -0.39 is 10.0 Å². The molecule has 0 unspecified atom stereocenters. The molecule has 0 heterocycles. The van der Waals surface area contributed by atoms with E-state index in [1.54, 1.807) is 24.3 Å². The maximum Gasteiger partial charge on any atom is 0.319 e. The van der Waals surface area contributed by atoms with Gasteiger partial charge in [-0.15, -0.1) is 0 Å². The molecule has 0 radical (unpaired) electrons. The van der Waals surface area contributed by atoms with Gasteiger partial charge in [-0.05, 0) is 48.4 Å². The summed E-state index contributed by atoms with van der Waals surface area (Å²) < 4.78 is 24.6. The molecular formula is C16H18ClN3O3S. The molecule has 0 aliphatic rings. The van der Waals surface area contributed by atoms with Gasteiger partial charge in [0.1, 0.15) is 0 Å². The van der Waals surface area contributed by atoms with Crippen molar-refractivity contribution in [3.8, 4) is 0 Å². The lowest BCUT2D eigenvalue weighted by Gasteiger charge is -2.09. The molecule has 0 aromatic heterocycles. The molecule has 0 aliphatic carbocycles. The van der Waals surface area contributed by atoms with Gasteiger partial charge < -0.3 is 10.6 Å². The number of anilines is 2. The zero-order chi connectivity index (χ0) is 17.6. The maximum atomic E-state index is 11.8. The molecule has 2 aromatic rings. The van der Waals surface area contributed by atoms with Gasteiger partial charge in [0.05, 0.1) is 6.26 Å². The van der Waals surface area contributed by atoms with Crippen molar-refractivity contribution in [3.05, 3.63) is 59.1 Å². The molecule has 8 heteroatoms. The van der Waals surface area contributed by atoms with E-state index in [2.05, 4.69) is 15.4 Å².